The number of halogens is 1. The third-order valence-corrected chi connectivity index (χ3v) is 5.87. The lowest BCUT2D eigenvalue weighted by Crippen LogP contribution is -2.30. The number of aliphatic hydroxyl groups is 1. The smallest absolute Gasteiger partial charge is 0.119 e. The van der Waals surface area contributed by atoms with Gasteiger partial charge in [0.1, 0.15) is 5.75 Å². The van der Waals surface area contributed by atoms with E-state index in [0.29, 0.717) is 26.1 Å². The molecular formula is C25H32ClN3O2. The highest BCUT2D eigenvalue weighted by molar-refractivity contribution is 6.31. The summed E-state index contributed by atoms with van der Waals surface area (Å²) in [5.74, 6) is 0.836. The van der Waals surface area contributed by atoms with Gasteiger partial charge >= 0.3 is 0 Å². The monoisotopic (exact) mass is 441 g/mol. The zero-order chi connectivity index (χ0) is 22.4. The lowest BCUT2D eigenvalue weighted by Gasteiger charge is -2.21. The Hall–Kier alpha value is -2.34. The summed E-state index contributed by atoms with van der Waals surface area (Å²) in [5, 5.41) is 15.9. The second-order valence-electron chi connectivity index (χ2n) is 8.20. The van der Waals surface area contributed by atoms with Crippen molar-refractivity contribution in [3.63, 3.8) is 0 Å². The maximum atomic E-state index is 10.4. The predicted octanol–water partition coefficient (Wildman–Crippen LogP) is 4.77. The van der Waals surface area contributed by atoms with Crippen LogP contribution in [0, 0.1) is 20.8 Å². The molecule has 1 atom stereocenters. The quantitative estimate of drug-likeness (QED) is 0.492. The molecule has 5 nitrogen and oxygen atoms in total. The zero-order valence-electron chi connectivity index (χ0n) is 18.8. The maximum absolute atomic E-state index is 10.4. The first-order valence-electron chi connectivity index (χ1n) is 10.7. The summed E-state index contributed by atoms with van der Waals surface area (Å²) in [5.41, 5.74) is 5.58. The number of ether oxygens (including phenoxy) is 1. The molecule has 1 aromatic heterocycles. The lowest BCUT2D eigenvalue weighted by atomic mass is 10.1. The van der Waals surface area contributed by atoms with Crippen molar-refractivity contribution in [1.29, 1.82) is 0 Å². The molecule has 3 rings (SSSR count). The molecule has 1 N–H and O–H groups in total. The van der Waals surface area contributed by atoms with Crippen LogP contribution in [-0.4, -0.2) is 46.1 Å². The van der Waals surface area contributed by atoms with Crippen molar-refractivity contribution in [3.8, 4) is 5.75 Å². The highest BCUT2D eigenvalue weighted by atomic mass is 35.5. The summed E-state index contributed by atoms with van der Waals surface area (Å²) < 4.78 is 7.74. The van der Waals surface area contributed by atoms with Gasteiger partial charge in [-0.15, -0.1) is 0 Å². The van der Waals surface area contributed by atoms with Crippen LogP contribution in [0.3, 0.4) is 0 Å². The van der Waals surface area contributed by atoms with Gasteiger partial charge in [0.15, 0.2) is 0 Å². The molecule has 0 radical (unpaired) electrons. The van der Waals surface area contributed by atoms with E-state index in [1.165, 1.54) is 11.1 Å². The van der Waals surface area contributed by atoms with Gasteiger partial charge in [0.05, 0.1) is 24.9 Å². The van der Waals surface area contributed by atoms with Crippen molar-refractivity contribution >= 4 is 11.6 Å². The van der Waals surface area contributed by atoms with Crippen LogP contribution in [-0.2, 0) is 13.1 Å². The van der Waals surface area contributed by atoms with Gasteiger partial charge in [-0.3, -0.25) is 9.58 Å². The van der Waals surface area contributed by atoms with Crippen molar-refractivity contribution in [1.82, 2.24) is 14.7 Å². The molecule has 0 aliphatic heterocycles. The molecular weight excluding hydrogens is 410 g/mol. The summed E-state index contributed by atoms with van der Waals surface area (Å²) in [4.78, 5) is 2.13. The molecule has 0 spiro atoms. The highest BCUT2D eigenvalue weighted by Gasteiger charge is 2.16. The van der Waals surface area contributed by atoms with Gasteiger partial charge in [0, 0.05) is 35.8 Å². The number of likely N-dealkylation sites (N-methyl/N-ethyl adjacent to an activating group) is 1. The lowest BCUT2D eigenvalue weighted by molar-refractivity contribution is 0.0989. The number of nitrogens with zero attached hydrogens (tertiary/aromatic N) is 3. The molecule has 0 aliphatic rings. The Labute approximate surface area is 190 Å². The van der Waals surface area contributed by atoms with Gasteiger partial charge in [0.2, 0.25) is 0 Å². The number of rotatable bonds is 10. The van der Waals surface area contributed by atoms with Crippen LogP contribution in [0.1, 0.15) is 34.5 Å². The number of aromatic nitrogens is 2. The van der Waals surface area contributed by atoms with Crippen LogP contribution in [0.4, 0.5) is 0 Å². The van der Waals surface area contributed by atoms with Crippen LogP contribution >= 0.6 is 11.6 Å². The topological polar surface area (TPSA) is 50.5 Å². The van der Waals surface area contributed by atoms with Gasteiger partial charge < -0.3 is 9.84 Å². The minimum Gasteiger partial charge on any atom is -0.493 e. The fourth-order valence-corrected chi connectivity index (χ4v) is 3.83. The number of hydrogen-bond acceptors (Lipinski definition) is 4. The molecule has 2 aromatic carbocycles. The summed E-state index contributed by atoms with van der Waals surface area (Å²) in [6.07, 6.45) is 0.135. The Bertz CT molecular complexity index is 985. The number of benzene rings is 2. The predicted molar refractivity (Wildman–Crippen MR) is 126 cm³/mol. The number of aliphatic hydroxyl groups excluding tert-OH is 1. The Morgan fingerprint density at radius 2 is 1.81 bits per heavy atom. The molecule has 166 valence electrons. The van der Waals surface area contributed by atoms with Crippen LogP contribution < -0.4 is 4.74 Å². The van der Waals surface area contributed by atoms with E-state index in [9.17, 15) is 5.11 Å². The van der Waals surface area contributed by atoms with Crippen LogP contribution in [0.25, 0.3) is 0 Å². The molecule has 6 heteroatoms. The summed E-state index contributed by atoms with van der Waals surface area (Å²) in [7, 11) is 2.02. The number of aryl methyl sites for hydroxylation is 2. The first-order valence-corrected chi connectivity index (χ1v) is 11.0. The summed E-state index contributed by atoms with van der Waals surface area (Å²) >= 11 is 6.31. The Kier molecular flexibility index (Phi) is 8.13. The molecule has 0 amide bonds. The zero-order valence-corrected chi connectivity index (χ0v) is 19.6. The highest BCUT2D eigenvalue weighted by Crippen LogP contribution is 2.20. The minimum absolute atomic E-state index is 0.450. The Morgan fingerprint density at radius 3 is 2.52 bits per heavy atom. The van der Waals surface area contributed by atoms with E-state index in [1.807, 2.05) is 74.1 Å². The molecule has 0 bridgehead atoms. The van der Waals surface area contributed by atoms with E-state index in [-0.39, 0.29) is 0 Å². The second-order valence-corrected chi connectivity index (χ2v) is 8.61. The molecule has 0 fully saturated rings. The van der Waals surface area contributed by atoms with E-state index in [1.54, 1.807) is 0 Å². The van der Waals surface area contributed by atoms with Crippen molar-refractivity contribution in [3.05, 3.63) is 81.6 Å². The average molecular weight is 442 g/mol. The molecule has 0 saturated heterocycles. The minimum atomic E-state index is -0.450. The number of hydrogen-bond donors (Lipinski definition) is 1. The molecule has 0 saturated carbocycles. The largest absolute Gasteiger partial charge is 0.493 e. The molecule has 31 heavy (non-hydrogen) atoms. The van der Waals surface area contributed by atoms with Gasteiger partial charge in [-0.1, -0.05) is 47.5 Å². The van der Waals surface area contributed by atoms with Crippen LogP contribution in [0.2, 0.25) is 5.02 Å². The molecule has 0 aliphatic carbocycles. The summed E-state index contributed by atoms with van der Waals surface area (Å²) in [6.45, 7) is 8.62. The molecule has 1 heterocycles. The van der Waals surface area contributed by atoms with E-state index < -0.39 is 6.10 Å². The normalized spacial score (nSPS) is 12.4. The SMILES string of the molecule is Cc1ccc(OCCC(O)CN(C)Cc2c(C)nn(Cc3ccccc3Cl)c2C)cc1. The average Bonchev–Trinajstić information content (AvgIpc) is 2.98. The summed E-state index contributed by atoms with van der Waals surface area (Å²) in [6, 6.07) is 15.8. The van der Waals surface area contributed by atoms with Gasteiger partial charge in [-0.2, -0.15) is 5.10 Å². The first-order chi connectivity index (χ1) is 14.8. The fourth-order valence-electron chi connectivity index (χ4n) is 3.64. The van der Waals surface area contributed by atoms with Crippen molar-refractivity contribution in [2.75, 3.05) is 20.2 Å². The van der Waals surface area contributed by atoms with Gasteiger partial charge in [-0.05, 0) is 51.6 Å². The standard InChI is InChI=1S/C25H32ClN3O2/c1-18-9-11-23(12-10-18)31-14-13-22(30)16-28(4)17-24-19(2)27-29(20(24)3)15-21-7-5-6-8-25(21)26/h5-12,22,30H,13-17H2,1-4H3. The molecule has 1 unspecified atom stereocenters. The first kappa shape index (κ1) is 23.3. The fraction of sp³-hybridized carbons (Fsp3) is 0.400. The van der Waals surface area contributed by atoms with Crippen molar-refractivity contribution in [2.24, 2.45) is 0 Å². The second kappa shape index (κ2) is 10.8. The van der Waals surface area contributed by atoms with Gasteiger partial charge in [-0.25, -0.2) is 0 Å². The van der Waals surface area contributed by atoms with Gasteiger partial charge in [0.25, 0.3) is 0 Å². The van der Waals surface area contributed by atoms with Crippen molar-refractivity contribution < 1.29 is 9.84 Å². The van der Waals surface area contributed by atoms with E-state index >= 15 is 0 Å². The Balaban J connectivity index is 1.51. The van der Waals surface area contributed by atoms with Crippen LogP contribution in [0.15, 0.2) is 48.5 Å². The maximum Gasteiger partial charge on any atom is 0.119 e. The molecule has 3 aromatic rings. The van der Waals surface area contributed by atoms with Crippen LogP contribution in [0.5, 0.6) is 5.75 Å². The van der Waals surface area contributed by atoms with Crippen molar-refractivity contribution in [2.45, 2.75) is 46.4 Å². The Morgan fingerprint density at radius 1 is 1.10 bits per heavy atom. The van der Waals surface area contributed by atoms with E-state index in [4.69, 9.17) is 21.4 Å². The third-order valence-electron chi connectivity index (χ3n) is 5.50. The third kappa shape index (κ3) is 6.57. The van der Waals surface area contributed by atoms with E-state index in [2.05, 4.69) is 11.8 Å². The van der Waals surface area contributed by atoms with E-state index in [0.717, 1.165) is 34.3 Å².